The summed E-state index contributed by atoms with van der Waals surface area (Å²) >= 11 is 0. The Balaban J connectivity index is 2.65. The molecule has 0 amide bonds. The van der Waals surface area contributed by atoms with Gasteiger partial charge >= 0.3 is 10.2 Å². The lowest BCUT2D eigenvalue weighted by molar-refractivity contribution is 0.0138. The molecule has 0 unspecified atom stereocenters. The fourth-order valence-electron chi connectivity index (χ4n) is 1.72. The van der Waals surface area contributed by atoms with E-state index in [2.05, 4.69) is 0 Å². The van der Waals surface area contributed by atoms with Crippen molar-refractivity contribution in [3.63, 3.8) is 0 Å². The zero-order valence-corrected chi connectivity index (χ0v) is 8.68. The first-order chi connectivity index (χ1) is 5.91. The van der Waals surface area contributed by atoms with Crippen LogP contribution >= 0.6 is 0 Å². The minimum Gasteiger partial charge on any atom is -0.374 e. The van der Waals surface area contributed by atoms with Crippen LogP contribution in [0.1, 0.15) is 33.1 Å². The van der Waals surface area contributed by atoms with Crippen molar-refractivity contribution in [2.24, 2.45) is 0 Å². The van der Waals surface area contributed by atoms with E-state index in [1.54, 1.807) is 0 Å². The highest BCUT2D eigenvalue weighted by Gasteiger charge is 2.38. The van der Waals surface area contributed by atoms with Gasteiger partial charge in [0.05, 0.1) is 12.2 Å². The Morgan fingerprint density at radius 1 is 1.38 bits per heavy atom. The van der Waals surface area contributed by atoms with Crippen molar-refractivity contribution in [3.8, 4) is 0 Å². The smallest absolute Gasteiger partial charge is 0.307 e. The molecule has 5 heteroatoms. The summed E-state index contributed by atoms with van der Waals surface area (Å²) in [5, 5.41) is -0.935. The standard InChI is InChI=1S/C8H15FO3S/c1-6(2)12-7-4-3-5-8(7)13(9,10)11/h6-8H,3-5H2,1-2H3/t7-,8+/m1/s1. The highest BCUT2D eigenvalue weighted by molar-refractivity contribution is 7.87. The average molecular weight is 210 g/mol. The van der Waals surface area contributed by atoms with Gasteiger partial charge in [-0.15, -0.1) is 3.89 Å². The first-order valence-corrected chi connectivity index (χ1v) is 5.95. The molecule has 0 radical (unpaired) electrons. The van der Waals surface area contributed by atoms with Gasteiger partial charge in [0.1, 0.15) is 5.25 Å². The molecule has 0 spiro atoms. The zero-order valence-electron chi connectivity index (χ0n) is 7.86. The number of halogens is 1. The van der Waals surface area contributed by atoms with Crippen molar-refractivity contribution < 1.29 is 17.0 Å². The molecular formula is C8H15FO3S. The van der Waals surface area contributed by atoms with Crippen LogP contribution in [-0.4, -0.2) is 25.9 Å². The van der Waals surface area contributed by atoms with Crippen LogP contribution in [-0.2, 0) is 15.0 Å². The van der Waals surface area contributed by atoms with E-state index in [9.17, 15) is 12.3 Å². The van der Waals surface area contributed by atoms with Crippen LogP contribution in [0.3, 0.4) is 0 Å². The average Bonchev–Trinajstić information content (AvgIpc) is 2.31. The minimum absolute atomic E-state index is 0.0488. The van der Waals surface area contributed by atoms with Crippen LogP contribution in [0.15, 0.2) is 0 Å². The lowest BCUT2D eigenvalue weighted by atomic mass is 10.3. The molecule has 1 aliphatic carbocycles. The Morgan fingerprint density at radius 2 is 2.00 bits per heavy atom. The molecule has 78 valence electrons. The van der Waals surface area contributed by atoms with Crippen LogP contribution in [0.5, 0.6) is 0 Å². The maximum absolute atomic E-state index is 12.7. The number of rotatable bonds is 3. The summed E-state index contributed by atoms with van der Waals surface area (Å²) in [4.78, 5) is 0. The van der Waals surface area contributed by atoms with E-state index in [4.69, 9.17) is 4.74 Å². The van der Waals surface area contributed by atoms with Gasteiger partial charge in [0.15, 0.2) is 0 Å². The van der Waals surface area contributed by atoms with Gasteiger partial charge in [-0.3, -0.25) is 0 Å². The second kappa shape index (κ2) is 3.92. The van der Waals surface area contributed by atoms with Gasteiger partial charge in [0.25, 0.3) is 0 Å². The minimum atomic E-state index is -4.42. The van der Waals surface area contributed by atoms with E-state index in [0.717, 1.165) is 6.42 Å². The summed E-state index contributed by atoms with van der Waals surface area (Å²) in [6.45, 7) is 3.64. The highest BCUT2D eigenvalue weighted by atomic mass is 32.3. The van der Waals surface area contributed by atoms with Gasteiger partial charge in [-0.25, -0.2) is 0 Å². The van der Waals surface area contributed by atoms with Crippen molar-refractivity contribution in [3.05, 3.63) is 0 Å². The van der Waals surface area contributed by atoms with Crippen LogP contribution in [0.2, 0.25) is 0 Å². The fourth-order valence-corrected chi connectivity index (χ4v) is 2.73. The first kappa shape index (κ1) is 10.9. The highest BCUT2D eigenvalue weighted by Crippen LogP contribution is 2.29. The van der Waals surface area contributed by atoms with Crippen molar-refractivity contribution in [2.75, 3.05) is 0 Å². The molecule has 1 saturated carbocycles. The molecule has 0 aromatic carbocycles. The molecule has 0 aromatic heterocycles. The Labute approximate surface area is 78.5 Å². The molecule has 13 heavy (non-hydrogen) atoms. The van der Waals surface area contributed by atoms with Crippen molar-refractivity contribution in [2.45, 2.75) is 50.6 Å². The topological polar surface area (TPSA) is 43.4 Å². The third kappa shape index (κ3) is 2.91. The molecular weight excluding hydrogens is 195 g/mol. The summed E-state index contributed by atoms with van der Waals surface area (Å²) in [6.07, 6.45) is 1.26. The maximum Gasteiger partial charge on any atom is 0.307 e. The third-order valence-electron chi connectivity index (χ3n) is 2.20. The quantitative estimate of drug-likeness (QED) is 0.665. The van der Waals surface area contributed by atoms with Gasteiger partial charge in [0.2, 0.25) is 0 Å². The van der Waals surface area contributed by atoms with E-state index in [-0.39, 0.29) is 6.10 Å². The van der Waals surface area contributed by atoms with Crippen LogP contribution in [0, 0.1) is 0 Å². The summed E-state index contributed by atoms with van der Waals surface area (Å²) in [5.41, 5.74) is 0. The largest absolute Gasteiger partial charge is 0.374 e. The lowest BCUT2D eigenvalue weighted by Crippen LogP contribution is -2.30. The summed E-state index contributed by atoms with van der Waals surface area (Å²) in [6, 6.07) is 0. The Morgan fingerprint density at radius 3 is 2.46 bits per heavy atom. The van der Waals surface area contributed by atoms with Crippen LogP contribution in [0.4, 0.5) is 3.89 Å². The molecule has 0 N–H and O–H groups in total. The molecule has 0 bridgehead atoms. The summed E-state index contributed by atoms with van der Waals surface area (Å²) in [7, 11) is -4.42. The number of hydrogen-bond donors (Lipinski definition) is 0. The summed E-state index contributed by atoms with van der Waals surface area (Å²) < 4.78 is 39.4. The van der Waals surface area contributed by atoms with E-state index in [1.807, 2.05) is 13.8 Å². The number of ether oxygens (including phenoxy) is 1. The van der Waals surface area contributed by atoms with Crippen molar-refractivity contribution in [1.29, 1.82) is 0 Å². The third-order valence-corrected chi connectivity index (χ3v) is 3.46. The summed E-state index contributed by atoms with van der Waals surface area (Å²) in [5.74, 6) is 0. The molecule has 0 aromatic rings. The van der Waals surface area contributed by atoms with Gasteiger partial charge < -0.3 is 4.74 Å². The molecule has 1 fully saturated rings. The van der Waals surface area contributed by atoms with E-state index < -0.39 is 21.6 Å². The zero-order chi connectivity index (χ0) is 10.1. The van der Waals surface area contributed by atoms with Crippen molar-refractivity contribution in [1.82, 2.24) is 0 Å². The molecule has 0 aliphatic heterocycles. The Hall–Kier alpha value is -0.160. The molecule has 1 rings (SSSR count). The SMILES string of the molecule is CC(C)O[C@@H]1CCC[C@@H]1S(=O)(=O)F. The molecule has 0 heterocycles. The number of hydrogen-bond acceptors (Lipinski definition) is 3. The van der Waals surface area contributed by atoms with Crippen LogP contribution in [0.25, 0.3) is 0 Å². The van der Waals surface area contributed by atoms with Gasteiger partial charge in [-0.05, 0) is 33.1 Å². The monoisotopic (exact) mass is 210 g/mol. The Bertz CT molecular complexity index is 261. The first-order valence-electron chi connectivity index (χ1n) is 4.50. The molecule has 0 saturated heterocycles. The van der Waals surface area contributed by atoms with Crippen molar-refractivity contribution >= 4 is 10.2 Å². The predicted octanol–water partition coefficient (Wildman–Crippen LogP) is 1.63. The van der Waals surface area contributed by atoms with Gasteiger partial charge in [0, 0.05) is 0 Å². The predicted molar refractivity (Wildman–Crippen MR) is 47.7 cm³/mol. The maximum atomic E-state index is 12.7. The van der Waals surface area contributed by atoms with E-state index in [1.165, 1.54) is 0 Å². The lowest BCUT2D eigenvalue weighted by Gasteiger charge is -2.19. The Kier molecular flexibility index (Phi) is 3.29. The molecule has 2 atom stereocenters. The second-order valence-electron chi connectivity index (χ2n) is 3.67. The van der Waals surface area contributed by atoms with E-state index >= 15 is 0 Å². The second-order valence-corrected chi connectivity index (χ2v) is 5.22. The molecule has 1 aliphatic rings. The van der Waals surface area contributed by atoms with Crippen LogP contribution < -0.4 is 0 Å². The van der Waals surface area contributed by atoms with Gasteiger partial charge in [-0.1, -0.05) is 0 Å². The normalized spacial score (nSPS) is 29.8. The fraction of sp³-hybridized carbons (Fsp3) is 1.00. The molecule has 3 nitrogen and oxygen atoms in total. The van der Waals surface area contributed by atoms with E-state index in [0.29, 0.717) is 12.8 Å². The van der Waals surface area contributed by atoms with Gasteiger partial charge in [-0.2, -0.15) is 8.42 Å².